The maximum absolute atomic E-state index is 12.7. The number of piperazine rings is 1. The molecule has 0 spiro atoms. The smallest absolute Gasteiger partial charge is 0.244 e. The molecule has 2 aliphatic rings. The third kappa shape index (κ3) is 3.22. The zero-order valence-corrected chi connectivity index (χ0v) is 14.8. The molecule has 122 valence electrons. The van der Waals surface area contributed by atoms with E-state index in [1.165, 1.54) is 4.31 Å². The van der Waals surface area contributed by atoms with Crippen LogP contribution in [0, 0.1) is 0 Å². The van der Waals surface area contributed by atoms with Gasteiger partial charge in [-0.2, -0.15) is 4.31 Å². The average Bonchev–Trinajstić information content (AvgIpc) is 3.09. The van der Waals surface area contributed by atoms with Crippen molar-refractivity contribution in [3.8, 4) is 0 Å². The van der Waals surface area contributed by atoms with Gasteiger partial charge < -0.3 is 10.0 Å². The molecule has 1 saturated heterocycles. The Morgan fingerprint density at radius 2 is 1.65 bits per heavy atom. The summed E-state index contributed by atoms with van der Waals surface area (Å²) in [6.45, 7) is 1.60. The summed E-state index contributed by atoms with van der Waals surface area (Å²) in [4.78, 5) is 2.08. The summed E-state index contributed by atoms with van der Waals surface area (Å²) in [7, 11) is -3.53. The van der Waals surface area contributed by atoms with E-state index in [1.54, 1.807) is 29.2 Å². The van der Waals surface area contributed by atoms with Gasteiger partial charge in [0.15, 0.2) is 5.88 Å². The first-order valence-electron chi connectivity index (χ1n) is 7.28. The molecule has 0 aromatic heterocycles. The zero-order valence-electron chi connectivity index (χ0n) is 12.4. The average molecular weight is 397 g/mol. The highest BCUT2D eigenvalue weighted by Gasteiger charge is 2.30. The highest BCUT2D eigenvalue weighted by molar-refractivity contribution is 9.10. The highest BCUT2D eigenvalue weighted by atomic mass is 79.9. The van der Waals surface area contributed by atoms with E-state index in [0.29, 0.717) is 30.7 Å². The number of hydrogen-bond acceptors (Lipinski definition) is 4. The largest absolute Gasteiger partial charge is 0.494 e. The molecule has 3 rings (SSSR count). The molecule has 1 aromatic rings. The zero-order chi connectivity index (χ0) is 16.4. The Hall–Kier alpha value is -1.57. The van der Waals surface area contributed by atoms with Crippen molar-refractivity contribution in [3.05, 3.63) is 64.5 Å². The van der Waals surface area contributed by atoms with Gasteiger partial charge in [-0.05, 0) is 40.2 Å². The molecular formula is C16H17BrN2O3S. The Labute approximate surface area is 144 Å². The first-order chi connectivity index (χ1) is 11.0. The third-order valence-corrected chi connectivity index (χ3v) is 6.82. The van der Waals surface area contributed by atoms with Crippen molar-refractivity contribution in [2.24, 2.45) is 0 Å². The summed E-state index contributed by atoms with van der Waals surface area (Å²) in [5, 5.41) is 10.3. The quantitative estimate of drug-likeness (QED) is 0.797. The van der Waals surface area contributed by atoms with Gasteiger partial charge in [-0.15, -0.1) is 0 Å². The normalized spacial score (nSPS) is 18.7. The lowest BCUT2D eigenvalue weighted by molar-refractivity contribution is 0.150. The summed E-state index contributed by atoms with van der Waals surface area (Å²) < 4.78 is 27.5. The molecule has 5 nitrogen and oxygen atoms in total. The van der Waals surface area contributed by atoms with E-state index in [4.69, 9.17) is 0 Å². The van der Waals surface area contributed by atoms with Crippen LogP contribution in [0.4, 0.5) is 0 Å². The van der Waals surface area contributed by atoms with Crippen LogP contribution in [0.25, 0.3) is 0 Å². The lowest BCUT2D eigenvalue weighted by Gasteiger charge is -2.35. The number of benzene rings is 1. The van der Waals surface area contributed by atoms with Gasteiger partial charge in [0, 0.05) is 36.2 Å². The molecule has 7 heteroatoms. The van der Waals surface area contributed by atoms with Crippen molar-refractivity contribution < 1.29 is 13.5 Å². The summed E-state index contributed by atoms with van der Waals surface area (Å²) in [6.07, 6.45) is 7.39. The van der Waals surface area contributed by atoms with Gasteiger partial charge in [-0.3, -0.25) is 0 Å². The molecular weight excluding hydrogens is 380 g/mol. The molecule has 0 unspecified atom stereocenters. The Balaban J connectivity index is 1.74. The van der Waals surface area contributed by atoms with Gasteiger partial charge in [0.25, 0.3) is 0 Å². The Bertz CT molecular complexity index is 777. The molecule has 0 amide bonds. The maximum Gasteiger partial charge on any atom is 0.244 e. The number of rotatable bonds is 3. The van der Waals surface area contributed by atoms with Crippen molar-refractivity contribution >= 4 is 26.0 Å². The van der Waals surface area contributed by atoms with Crippen LogP contribution in [0.5, 0.6) is 0 Å². The second-order valence-corrected chi connectivity index (χ2v) is 8.08. The molecule has 0 bridgehead atoms. The van der Waals surface area contributed by atoms with E-state index in [9.17, 15) is 13.5 Å². The lowest BCUT2D eigenvalue weighted by atomic mass is 10.2. The molecule has 0 saturated carbocycles. The lowest BCUT2D eigenvalue weighted by Crippen LogP contribution is -2.48. The number of sulfonamides is 1. The Morgan fingerprint density at radius 3 is 2.26 bits per heavy atom. The van der Waals surface area contributed by atoms with E-state index in [-0.39, 0.29) is 10.8 Å². The minimum Gasteiger partial charge on any atom is -0.494 e. The predicted molar refractivity (Wildman–Crippen MR) is 92.4 cm³/mol. The Kier molecular flexibility index (Phi) is 4.61. The highest BCUT2D eigenvalue weighted by Crippen LogP contribution is 2.26. The van der Waals surface area contributed by atoms with Crippen LogP contribution in [0.2, 0.25) is 0 Å². The fourth-order valence-corrected chi connectivity index (χ4v) is 5.02. The number of nitrogens with zero attached hydrogens (tertiary/aromatic N) is 2. The standard InChI is InChI=1S/C16H17BrN2O3S/c17-14-7-3-4-8-15(14)23(21,22)19-11-9-18(10-12-19)16(20)13-5-1-2-6-13/h1-8,20H,9-12H2. The molecule has 1 aliphatic heterocycles. The van der Waals surface area contributed by atoms with Crippen molar-refractivity contribution in [1.29, 1.82) is 0 Å². The van der Waals surface area contributed by atoms with Crippen LogP contribution in [0.15, 0.2) is 69.4 Å². The number of allylic oxidation sites excluding steroid dienone is 5. The van der Waals surface area contributed by atoms with Crippen molar-refractivity contribution in [2.75, 3.05) is 26.2 Å². The summed E-state index contributed by atoms with van der Waals surface area (Å²) >= 11 is 3.30. The number of aliphatic hydroxyl groups excluding tert-OH is 1. The maximum atomic E-state index is 12.7. The second kappa shape index (κ2) is 6.51. The van der Waals surface area contributed by atoms with Crippen LogP contribution in [0.1, 0.15) is 0 Å². The van der Waals surface area contributed by atoms with Gasteiger partial charge in [0.05, 0.1) is 4.90 Å². The third-order valence-electron chi connectivity index (χ3n) is 3.91. The van der Waals surface area contributed by atoms with E-state index < -0.39 is 10.0 Å². The fraction of sp³-hybridized carbons (Fsp3) is 0.250. The van der Waals surface area contributed by atoms with Crippen molar-refractivity contribution in [3.63, 3.8) is 0 Å². The topological polar surface area (TPSA) is 60.9 Å². The molecule has 0 atom stereocenters. The predicted octanol–water partition coefficient (Wildman–Crippen LogP) is 2.65. The summed E-state index contributed by atoms with van der Waals surface area (Å²) in [5.41, 5.74) is 0.757. The molecule has 1 aromatic carbocycles. The minimum absolute atomic E-state index is 0.202. The molecule has 0 radical (unpaired) electrons. The Morgan fingerprint density at radius 1 is 1.04 bits per heavy atom. The second-order valence-electron chi connectivity index (χ2n) is 5.32. The van der Waals surface area contributed by atoms with Crippen LogP contribution in [0.3, 0.4) is 0 Å². The van der Waals surface area contributed by atoms with Crippen LogP contribution in [-0.4, -0.2) is 48.9 Å². The number of hydrogen-bond donors (Lipinski definition) is 1. The first-order valence-corrected chi connectivity index (χ1v) is 9.51. The number of aliphatic hydroxyl groups is 1. The molecule has 1 heterocycles. The molecule has 1 fully saturated rings. The SMILES string of the molecule is O=S(=O)(c1ccccc1Br)N1CCN(C(O)=C2C=CC=C2)CC1. The summed E-state index contributed by atoms with van der Waals surface area (Å²) in [6, 6.07) is 6.81. The first kappa shape index (κ1) is 16.3. The van der Waals surface area contributed by atoms with E-state index in [2.05, 4.69) is 15.9 Å². The minimum atomic E-state index is -3.53. The van der Waals surface area contributed by atoms with E-state index in [1.807, 2.05) is 24.3 Å². The van der Waals surface area contributed by atoms with Crippen LogP contribution >= 0.6 is 15.9 Å². The van der Waals surface area contributed by atoms with E-state index >= 15 is 0 Å². The van der Waals surface area contributed by atoms with Gasteiger partial charge in [-0.25, -0.2) is 8.42 Å². The van der Waals surface area contributed by atoms with Crippen LogP contribution < -0.4 is 0 Å². The van der Waals surface area contributed by atoms with Gasteiger partial charge in [0.1, 0.15) is 0 Å². The molecule has 1 aliphatic carbocycles. The van der Waals surface area contributed by atoms with Crippen molar-refractivity contribution in [1.82, 2.24) is 9.21 Å². The van der Waals surface area contributed by atoms with Gasteiger partial charge in [-0.1, -0.05) is 24.3 Å². The molecule has 23 heavy (non-hydrogen) atoms. The monoisotopic (exact) mass is 396 g/mol. The van der Waals surface area contributed by atoms with Gasteiger partial charge >= 0.3 is 0 Å². The van der Waals surface area contributed by atoms with Crippen LogP contribution in [-0.2, 0) is 10.0 Å². The molecule has 1 N–H and O–H groups in total. The van der Waals surface area contributed by atoms with E-state index in [0.717, 1.165) is 5.57 Å². The van der Waals surface area contributed by atoms with Crippen molar-refractivity contribution in [2.45, 2.75) is 4.90 Å². The summed E-state index contributed by atoms with van der Waals surface area (Å²) in [5.74, 6) is 0.202. The fourth-order valence-electron chi connectivity index (χ4n) is 2.64. The number of halogens is 1. The van der Waals surface area contributed by atoms with Gasteiger partial charge in [0.2, 0.25) is 10.0 Å².